The fraction of sp³-hybridized carbons (Fsp3) is 0.438. The molecule has 1 aromatic rings. The zero-order valence-electron chi connectivity index (χ0n) is 14.4. The zero-order valence-corrected chi connectivity index (χ0v) is 15.4. The van der Waals surface area contributed by atoms with Gasteiger partial charge in [-0.1, -0.05) is 12.1 Å². The second-order valence-electron chi connectivity index (χ2n) is 6.41. The summed E-state index contributed by atoms with van der Waals surface area (Å²) in [5.74, 6) is 0.735. The third-order valence-electron chi connectivity index (χ3n) is 3.50. The van der Waals surface area contributed by atoms with Gasteiger partial charge in [-0.3, -0.25) is 4.79 Å². The first-order valence-electron chi connectivity index (χ1n) is 7.28. The van der Waals surface area contributed by atoms with Gasteiger partial charge in [0.25, 0.3) is 0 Å². The van der Waals surface area contributed by atoms with Crippen molar-refractivity contribution in [3.8, 4) is 11.5 Å². The lowest BCUT2D eigenvalue weighted by Crippen LogP contribution is -2.34. The van der Waals surface area contributed by atoms with E-state index in [0.717, 1.165) is 0 Å². The molecule has 0 aliphatic carbocycles. The molecule has 1 aliphatic heterocycles. The van der Waals surface area contributed by atoms with Crippen LogP contribution in [0.15, 0.2) is 29.8 Å². The number of para-hydroxylation sites is 1. The van der Waals surface area contributed by atoms with E-state index in [1.165, 1.54) is 14.2 Å². The fourth-order valence-electron chi connectivity index (χ4n) is 2.48. The Morgan fingerprint density at radius 1 is 1.17 bits per heavy atom. The van der Waals surface area contributed by atoms with Crippen LogP contribution in [0.4, 0.5) is 0 Å². The lowest BCUT2D eigenvalue weighted by molar-refractivity contribution is -0.131. The number of nitrogens with two attached hydrogens (primary N) is 1. The molecule has 1 atom stereocenters. The molecule has 23 heavy (non-hydrogen) atoms. The Balaban J connectivity index is 2.49. The van der Waals surface area contributed by atoms with Crippen LogP contribution in [0, 0.1) is 0 Å². The maximum atomic E-state index is 12.9. The molecular formula is C16H23NO5Si. The molecule has 1 unspecified atom stereocenters. The molecule has 1 heterocycles. The number of Topliss-reactive ketones (excluding diaryl/α,β-unsaturated/α-hetero) is 1. The van der Waals surface area contributed by atoms with Crippen LogP contribution in [0.3, 0.4) is 0 Å². The van der Waals surface area contributed by atoms with Crippen LogP contribution in [0.25, 0.3) is 0 Å². The van der Waals surface area contributed by atoms with E-state index in [9.17, 15) is 4.79 Å². The highest BCUT2D eigenvalue weighted by atomic mass is 28.4. The topological polar surface area (TPSA) is 80.0 Å². The highest BCUT2D eigenvalue weighted by Crippen LogP contribution is 2.45. The highest BCUT2D eigenvalue weighted by Gasteiger charge is 2.50. The second kappa shape index (κ2) is 5.81. The van der Waals surface area contributed by atoms with Crippen LogP contribution in [-0.2, 0) is 19.6 Å². The highest BCUT2D eigenvalue weighted by molar-refractivity contribution is 6.70. The summed E-state index contributed by atoms with van der Waals surface area (Å²) in [4.78, 5) is 12.9. The van der Waals surface area contributed by atoms with Gasteiger partial charge in [-0.25, -0.2) is 0 Å². The Morgan fingerprint density at radius 3 is 2.35 bits per heavy atom. The van der Waals surface area contributed by atoms with Crippen molar-refractivity contribution >= 4 is 14.1 Å². The molecule has 0 aromatic heterocycles. The van der Waals surface area contributed by atoms with E-state index in [1.807, 2.05) is 19.6 Å². The predicted molar refractivity (Wildman–Crippen MR) is 88.6 cm³/mol. The number of ketones is 1. The van der Waals surface area contributed by atoms with Crippen molar-refractivity contribution in [2.24, 2.45) is 5.73 Å². The molecule has 2 N–H and O–H groups in total. The van der Waals surface area contributed by atoms with Crippen molar-refractivity contribution in [2.45, 2.75) is 32.2 Å². The summed E-state index contributed by atoms with van der Waals surface area (Å²) in [5.41, 5.74) is 5.15. The molecule has 0 fully saturated rings. The maximum Gasteiger partial charge on any atom is 0.249 e. The van der Waals surface area contributed by atoms with E-state index in [1.54, 1.807) is 25.1 Å². The van der Waals surface area contributed by atoms with E-state index in [4.69, 9.17) is 24.4 Å². The summed E-state index contributed by atoms with van der Waals surface area (Å²) in [6.07, 6.45) is 0. The van der Waals surface area contributed by atoms with Gasteiger partial charge in [0.1, 0.15) is 0 Å². The third kappa shape index (κ3) is 3.01. The van der Waals surface area contributed by atoms with E-state index >= 15 is 0 Å². The summed E-state index contributed by atoms with van der Waals surface area (Å²) < 4.78 is 22.2. The minimum atomic E-state index is -2.00. The van der Waals surface area contributed by atoms with Crippen LogP contribution in [-0.4, -0.2) is 28.3 Å². The largest absolute Gasteiger partial charge is 0.538 e. The number of hydrogen-bond donors (Lipinski definition) is 1. The van der Waals surface area contributed by atoms with Gasteiger partial charge in [-0.15, -0.1) is 0 Å². The number of carbonyl (C=O) groups is 1. The fourth-order valence-corrected chi connectivity index (χ4v) is 3.29. The average molecular weight is 337 g/mol. The summed E-state index contributed by atoms with van der Waals surface area (Å²) in [7, 11) is 1.05. The van der Waals surface area contributed by atoms with E-state index in [0.29, 0.717) is 17.1 Å². The summed E-state index contributed by atoms with van der Waals surface area (Å²) in [6.45, 7) is 7.58. The molecule has 0 saturated carbocycles. The molecule has 1 aliphatic rings. The van der Waals surface area contributed by atoms with Crippen molar-refractivity contribution in [1.29, 1.82) is 0 Å². The molecule has 7 heteroatoms. The maximum absolute atomic E-state index is 12.9. The SMILES string of the molecule is COc1cccc(C2(C)OC(N)=C(O[Si](C)(C)C)C2=O)c1OC. The van der Waals surface area contributed by atoms with Crippen molar-refractivity contribution in [3.63, 3.8) is 0 Å². The minimum absolute atomic E-state index is 0.00444. The summed E-state index contributed by atoms with van der Waals surface area (Å²) in [5, 5.41) is 0. The second-order valence-corrected chi connectivity index (χ2v) is 10.8. The summed E-state index contributed by atoms with van der Waals surface area (Å²) in [6, 6.07) is 5.28. The predicted octanol–water partition coefficient (Wildman–Crippen LogP) is 2.50. The normalized spacial score (nSPS) is 21.2. The van der Waals surface area contributed by atoms with Crippen molar-refractivity contribution in [3.05, 3.63) is 35.4 Å². The number of hydrogen-bond acceptors (Lipinski definition) is 6. The molecule has 0 spiro atoms. The molecule has 126 valence electrons. The number of benzene rings is 1. The van der Waals surface area contributed by atoms with Gasteiger partial charge in [-0.05, 0) is 32.6 Å². The Morgan fingerprint density at radius 2 is 1.83 bits per heavy atom. The van der Waals surface area contributed by atoms with E-state index in [-0.39, 0.29) is 17.4 Å². The molecule has 0 amide bonds. The molecule has 2 rings (SSSR count). The van der Waals surface area contributed by atoms with Gasteiger partial charge in [0.15, 0.2) is 11.5 Å². The lowest BCUT2D eigenvalue weighted by Gasteiger charge is -2.26. The van der Waals surface area contributed by atoms with Crippen LogP contribution >= 0.6 is 0 Å². The molecule has 0 saturated heterocycles. The van der Waals surface area contributed by atoms with Crippen LogP contribution in [0.2, 0.25) is 19.6 Å². The minimum Gasteiger partial charge on any atom is -0.538 e. The molecule has 6 nitrogen and oxygen atoms in total. The van der Waals surface area contributed by atoms with Gasteiger partial charge in [-0.2, -0.15) is 0 Å². The smallest absolute Gasteiger partial charge is 0.249 e. The van der Waals surface area contributed by atoms with E-state index < -0.39 is 13.9 Å². The van der Waals surface area contributed by atoms with Crippen LogP contribution in [0.5, 0.6) is 11.5 Å². The Bertz CT molecular complexity index is 665. The van der Waals surface area contributed by atoms with Gasteiger partial charge < -0.3 is 24.4 Å². The van der Waals surface area contributed by atoms with E-state index in [2.05, 4.69) is 0 Å². The molecule has 1 aromatic carbocycles. The monoisotopic (exact) mass is 337 g/mol. The zero-order chi connectivity index (χ0) is 17.4. The first-order chi connectivity index (χ1) is 10.6. The van der Waals surface area contributed by atoms with Crippen LogP contribution in [0.1, 0.15) is 12.5 Å². The number of ether oxygens (including phenoxy) is 3. The average Bonchev–Trinajstić information content (AvgIpc) is 2.69. The first-order valence-corrected chi connectivity index (χ1v) is 10.7. The Labute approximate surface area is 137 Å². The number of carbonyl (C=O) groups excluding carboxylic acids is 1. The molecule has 0 bridgehead atoms. The molecule has 0 radical (unpaired) electrons. The quantitative estimate of drug-likeness (QED) is 0.832. The van der Waals surface area contributed by atoms with Gasteiger partial charge in [0, 0.05) is 5.56 Å². The first kappa shape index (κ1) is 17.2. The standard InChI is InChI=1S/C16H23NO5Si/c1-16(10-8-7-9-11(19-2)12(10)20-3)14(18)13(15(17)21-16)22-23(4,5)6/h7-9H,17H2,1-6H3. The number of rotatable bonds is 5. The van der Waals surface area contributed by atoms with Crippen molar-refractivity contribution in [1.82, 2.24) is 0 Å². The lowest BCUT2D eigenvalue weighted by atomic mass is 9.90. The summed E-state index contributed by atoms with van der Waals surface area (Å²) >= 11 is 0. The van der Waals surface area contributed by atoms with Crippen LogP contribution < -0.4 is 15.2 Å². The Hall–Kier alpha value is -2.15. The van der Waals surface area contributed by atoms with Crippen molar-refractivity contribution < 1.29 is 23.4 Å². The third-order valence-corrected chi connectivity index (χ3v) is 4.32. The van der Waals surface area contributed by atoms with Crippen molar-refractivity contribution in [2.75, 3.05) is 14.2 Å². The number of methoxy groups -OCH3 is 2. The molecular weight excluding hydrogens is 314 g/mol. The van der Waals surface area contributed by atoms with Gasteiger partial charge in [0.2, 0.25) is 31.3 Å². The van der Waals surface area contributed by atoms with Gasteiger partial charge in [0.05, 0.1) is 14.2 Å². The Kier molecular flexibility index (Phi) is 4.34. The van der Waals surface area contributed by atoms with Gasteiger partial charge >= 0.3 is 0 Å².